The lowest BCUT2D eigenvalue weighted by Crippen LogP contribution is -2.49. The molecule has 138 valence electrons. The Morgan fingerprint density at radius 3 is 2.48 bits per heavy atom. The van der Waals surface area contributed by atoms with Crippen LogP contribution in [0, 0.1) is 0 Å². The number of urea groups is 1. The highest BCUT2D eigenvalue weighted by molar-refractivity contribution is 5.77. The molecule has 3 amide bonds. The van der Waals surface area contributed by atoms with Crippen LogP contribution in [0.2, 0.25) is 0 Å². The number of likely N-dealkylation sites (tertiary alicyclic amines) is 1. The SMILES string of the molecule is CCCNC(=O)N1CCC(NC(=O)CCc2ccc(OC)cc2)CC1. The molecule has 0 atom stereocenters. The standard InChI is InChI=1S/C19H29N3O3/c1-3-12-20-19(24)22-13-10-16(11-14-22)21-18(23)9-6-15-4-7-17(25-2)8-5-15/h4-5,7-8,16H,3,6,9-14H2,1-2H3,(H,20,24)(H,21,23). The van der Waals surface area contributed by atoms with E-state index in [0.29, 0.717) is 32.5 Å². The summed E-state index contributed by atoms with van der Waals surface area (Å²) in [6.45, 7) is 4.13. The molecule has 1 saturated heterocycles. The van der Waals surface area contributed by atoms with Gasteiger partial charge in [-0.1, -0.05) is 19.1 Å². The van der Waals surface area contributed by atoms with Gasteiger partial charge in [-0.2, -0.15) is 0 Å². The second kappa shape index (κ2) is 9.91. The van der Waals surface area contributed by atoms with E-state index in [9.17, 15) is 9.59 Å². The Morgan fingerprint density at radius 1 is 1.20 bits per heavy atom. The van der Waals surface area contributed by atoms with Crippen LogP contribution in [0.3, 0.4) is 0 Å². The number of nitrogens with zero attached hydrogens (tertiary/aromatic N) is 1. The molecule has 0 saturated carbocycles. The molecule has 1 aliphatic rings. The van der Waals surface area contributed by atoms with Gasteiger partial charge in [-0.25, -0.2) is 4.79 Å². The van der Waals surface area contributed by atoms with Crippen LogP contribution >= 0.6 is 0 Å². The maximum atomic E-state index is 12.1. The van der Waals surface area contributed by atoms with Crippen molar-refractivity contribution in [3.8, 4) is 5.75 Å². The minimum Gasteiger partial charge on any atom is -0.497 e. The molecule has 1 aromatic carbocycles. The van der Waals surface area contributed by atoms with Crippen molar-refractivity contribution in [3.63, 3.8) is 0 Å². The Bertz CT molecular complexity index is 552. The number of methoxy groups -OCH3 is 1. The van der Waals surface area contributed by atoms with Crippen LogP contribution in [0.1, 0.15) is 38.2 Å². The lowest BCUT2D eigenvalue weighted by molar-refractivity contribution is -0.122. The Kier molecular flexibility index (Phi) is 7.57. The van der Waals surface area contributed by atoms with Crippen LogP contribution in [-0.2, 0) is 11.2 Å². The van der Waals surface area contributed by atoms with E-state index in [4.69, 9.17) is 4.74 Å². The number of aryl methyl sites for hydroxylation is 1. The average Bonchev–Trinajstić information content (AvgIpc) is 2.65. The average molecular weight is 347 g/mol. The summed E-state index contributed by atoms with van der Waals surface area (Å²) in [4.78, 5) is 25.9. The van der Waals surface area contributed by atoms with Crippen LogP contribution < -0.4 is 15.4 Å². The summed E-state index contributed by atoms with van der Waals surface area (Å²) < 4.78 is 5.13. The summed E-state index contributed by atoms with van der Waals surface area (Å²) in [5.74, 6) is 0.896. The van der Waals surface area contributed by atoms with Crippen molar-refractivity contribution in [2.75, 3.05) is 26.7 Å². The number of piperidine rings is 1. The molecular weight excluding hydrogens is 318 g/mol. The van der Waals surface area contributed by atoms with Gasteiger partial charge >= 0.3 is 6.03 Å². The summed E-state index contributed by atoms with van der Waals surface area (Å²) in [6.07, 6.45) is 3.76. The van der Waals surface area contributed by atoms with E-state index >= 15 is 0 Å². The van der Waals surface area contributed by atoms with E-state index in [1.807, 2.05) is 36.1 Å². The molecule has 1 aromatic rings. The number of amides is 3. The van der Waals surface area contributed by atoms with E-state index < -0.39 is 0 Å². The van der Waals surface area contributed by atoms with Crippen molar-refractivity contribution < 1.29 is 14.3 Å². The van der Waals surface area contributed by atoms with Crippen LogP contribution in [0.4, 0.5) is 4.79 Å². The summed E-state index contributed by atoms with van der Waals surface area (Å²) >= 11 is 0. The molecular formula is C19H29N3O3. The zero-order valence-corrected chi connectivity index (χ0v) is 15.2. The first-order valence-corrected chi connectivity index (χ1v) is 9.07. The molecule has 0 spiro atoms. The first kappa shape index (κ1) is 19.1. The largest absolute Gasteiger partial charge is 0.497 e. The van der Waals surface area contributed by atoms with E-state index in [1.54, 1.807) is 7.11 Å². The minimum absolute atomic E-state index is 0.00568. The third-order valence-corrected chi connectivity index (χ3v) is 4.47. The van der Waals surface area contributed by atoms with Gasteiger partial charge in [0.05, 0.1) is 7.11 Å². The molecule has 1 aliphatic heterocycles. The monoisotopic (exact) mass is 347 g/mol. The Morgan fingerprint density at radius 2 is 1.88 bits per heavy atom. The number of nitrogens with one attached hydrogen (secondary N) is 2. The number of ether oxygens (including phenoxy) is 1. The van der Waals surface area contributed by atoms with Gasteiger partial charge in [0.2, 0.25) is 5.91 Å². The van der Waals surface area contributed by atoms with Crippen molar-refractivity contribution in [1.82, 2.24) is 15.5 Å². The summed E-state index contributed by atoms with van der Waals surface area (Å²) in [5, 5.41) is 5.99. The van der Waals surface area contributed by atoms with Crippen molar-refractivity contribution >= 4 is 11.9 Å². The maximum absolute atomic E-state index is 12.1. The van der Waals surface area contributed by atoms with Gasteiger partial charge in [0.15, 0.2) is 0 Å². The van der Waals surface area contributed by atoms with Gasteiger partial charge in [0.25, 0.3) is 0 Å². The van der Waals surface area contributed by atoms with Crippen molar-refractivity contribution in [1.29, 1.82) is 0 Å². The third-order valence-electron chi connectivity index (χ3n) is 4.47. The van der Waals surface area contributed by atoms with E-state index in [2.05, 4.69) is 10.6 Å². The molecule has 2 rings (SSSR count). The Balaban J connectivity index is 1.67. The number of hydrogen-bond donors (Lipinski definition) is 2. The zero-order valence-electron chi connectivity index (χ0n) is 15.2. The van der Waals surface area contributed by atoms with Crippen molar-refractivity contribution in [3.05, 3.63) is 29.8 Å². The first-order chi connectivity index (χ1) is 12.1. The van der Waals surface area contributed by atoms with Gasteiger partial charge in [0.1, 0.15) is 5.75 Å². The summed E-state index contributed by atoms with van der Waals surface area (Å²) in [5.41, 5.74) is 1.12. The number of carbonyl (C=O) groups is 2. The molecule has 25 heavy (non-hydrogen) atoms. The first-order valence-electron chi connectivity index (χ1n) is 9.07. The van der Waals surface area contributed by atoms with Crippen LogP contribution in [0.25, 0.3) is 0 Å². The van der Waals surface area contributed by atoms with Crippen LogP contribution in [-0.4, -0.2) is 49.6 Å². The topological polar surface area (TPSA) is 70.7 Å². The normalized spacial score (nSPS) is 14.9. The fraction of sp³-hybridized carbons (Fsp3) is 0.579. The quantitative estimate of drug-likeness (QED) is 0.795. The maximum Gasteiger partial charge on any atom is 0.317 e. The molecule has 0 aliphatic carbocycles. The van der Waals surface area contributed by atoms with E-state index in [0.717, 1.165) is 30.6 Å². The summed E-state index contributed by atoms with van der Waals surface area (Å²) in [7, 11) is 1.64. The smallest absolute Gasteiger partial charge is 0.317 e. The molecule has 2 N–H and O–H groups in total. The van der Waals surface area contributed by atoms with E-state index in [1.165, 1.54) is 0 Å². The van der Waals surface area contributed by atoms with Gasteiger partial charge in [-0.15, -0.1) is 0 Å². The fourth-order valence-corrected chi connectivity index (χ4v) is 2.92. The minimum atomic E-state index is 0.00568. The second-order valence-corrected chi connectivity index (χ2v) is 6.41. The number of hydrogen-bond acceptors (Lipinski definition) is 3. The van der Waals surface area contributed by atoms with Crippen molar-refractivity contribution in [2.24, 2.45) is 0 Å². The molecule has 6 heteroatoms. The molecule has 6 nitrogen and oxygen atoms in total. The van der Waals surface area contributed by atoms with Crippen molar-refractivity contribution in [2.45, 2.75) is 45.1 Å². The third kappa shape index (κ3) is 6.29. The lowest BCUT2D eigenvalue weighted by atomic mass is 10.0. The van der Waals surface area contributed by atoms with Gasteiger partial charge in [-0.3, -0.25) is 4.79 Å². The van der Waals surface area contributed by atoms with Crippen LogP contribution in [0.5, 0.6) is 5.75 Å². The predicted molar refractivity (Wildman–Crippen MR) is 97.7 cm³/mol. The molecule has 1 fully saturated rings. The van der Waals surface area contributed by atoms with Crippen LogP contribution in [0.15, 0.2) is 24.3 Å². The van der Waals surface area contributed by atoms with Gasteiger partial charge < -0.3 is 20.3 Å². The Labute approximate surface area is 149 Å². The molecule has 1 heterocycles. The highest BCUT2D eigenvalue weighted by Gasteiger charge is 2.23. The summed E-state index contributed by atoms with van der Waals surface area (Å²) in [6, 6.07) is 7.96. The highest BCUT2D eigenvalue weighted by atomic mass is 16.5. The fourth-order valence-electron chi connectivity index (χ4n) is 2.92. The molecule has 0 bridgehead atoms. The second-order valence-electron chi connectivity index (χ2n) is 6.41. The lowest BCUT2D eigenvalue weighted by Gasteiger charge is -2.32. The van der Waals surface area contributed by atoms with E-state index in [-0.39, 0.29) is 18.0 Å². The predicted octanol–water partition coefficient (Wildman–Crippen LogP) is 2.33. The molecule has 0 aromatic heterocycles. The highest BCUT2D eigenvalue weighted by Crippen LogP contribution is 2.13. The van der Waals surface area contributed by atoms with Gasteiger partial charge in [-0.05, 0) is 43.4 Å². The molecule has 0 radical (unpaired) electrons. The number of benzene rings is 1. The Hall–Kier alpha value is -2.24. The number of carbonyl (C=O) groups excluding carboxylic acids is 2. The number of rotatable bonds is 7. The zero-order chi connectivity index (χ0) is 18.1. The molecule has 0 unspecified atom stereocenters. The van der Waals surface area contributed by atoms with Gasteiger partial charge in [0, 0.05) is 32.1 Å².